The number of nitrogens with zero attached hydrogens (tertiary/aromatic N) is 4. The van der Waals surface area contributed by atoms with Crippen molar-refractivity contribution in [2.45, 2.75) is 6.54 Å². The lowest BCUT2D eigenvalue weighted by Gasteiger charge is -2.38. The molecule has 0 unspecified atom stereocenters. The van der Waals surface area contributed by atoms with Crippen LogP contribution in [0.15, 0.2) is 60.4 Å². The van der Waals surface area contributed by atoms with Crippen LogP contribution in [0.4, 0.5) is 0 Å². The average Bonchev–Trinajstić information content (AvgIpc) is 2.66. The second kappa shape index (κ2) is 8.00. The van der Waals surface area contributed by atoms with Crippen molar-refractivity contribution in [1.29, 1.82) is 0 Å². The van der Waals surface area contributed by atoms with Gasteiger partial charge < -0.3 is 10.0 Å². The van der Waals surface area contributed by atoms with Crippen molar-refractivity contribution in [2.75, 3.05) is 13.1 Å². The Labute approximate surface area is 172 Å². The van der Waals surface area contributed by atoms with E-state index in [1.807, 2.05) is 0 Å². The van der Waals surface area contributed by atoms with E-state index in [1.54, 1.807) is 41.4 Å². The van der Waals surface area contributed by atoms with Crippen LogP contribution in [0.2, 0.25) is 5.02 Å². The minimum Gasteiger partial charge on any atom is -0.506 e. The van der Waals surface area contributed by atoms with E-state index in [-0.39, 0.29) is 42.9 Å². The summed E-state index contributed by atoms with van der Waals surface area (Å²) in [6, 6.07) is 8.64. The fourth-order valence-electron chi connectivity index (χ4n) is 3.16. The average molecular weight is 419 g/mol. The molecule has 1 N–H and O–H groups in total. The van der Waals surface area contributed by atoms with Gasteiger partial charge in [-0.1, -0.05) is 23.7 Å². The predicted molar refractivity (Wildman–Crippen MR) is 105 cm³/mol. The van der Waals surface area contributed by atoms with Crippen LogP contribution < -0.4 is 0 Å². The number of hydrogen-bond acceptors (Lipinski definition) is 6. The number of halogens is 2. The molecule has 0 radical (unpaired) electrons. The van der Waals surface area contributed by atoms with E-state index < -0.39 is 5.91 Å². The number of carbonyl (C=O) groups excluding carboxylic acids is 2. The minimum atomic E-state index is -0.517. The second-order valence-electron chi connectivity index (χ2n) is 6.27. The number of amides is 2. The number of carbonyl (C=O) groups is 2. The molecule has 2 amide bonds. The van der Waals surface area contributed by atoms with E-state index in [2.05, 4.69) is 9.97 Å². The monoisotopic (exact) mass is 418 g/mol. The lowest BCUT2D eigenvalue weighted by atomic mass is 10.0. The van der Waals surface area contributed by atoms with Gasteiger partial charge >= 0.3 is 0 Å². The topological polar surface area (TPSA) is 86.6 Å². The molecule has 1 fully saturated rings. The molecule has 1 aromatic heterocycles. The molecule has 0 spiro atoms. The summed E-state index contributed by atoms with van der Waals surface area (Å²) >= 11 is 5.88. The van der Waals surface area contributed by atoms with Crippen LogP contribution in [-0.2, 0) is 16.1 Å². The van der Waals surface area contributed by atoms with Crippen LogP contribution in [0.3, 0.4) is 0 Å². The normalized spacial score (nSPS) is 16.5. The lowest BCUT2D eigenvalue weighted by molar-refractivity contribution is -0.148. The molecule has 7 nitrogen and oxygen atoms in total. The van der Waals surface area contributed by atoms with Gasteiger partial charge in [0.2, 0.25) is 5.91 Å². The first kappa shape index (κ1) is 19.9. The number of rotatable bonds is 3. The molecule has 1 aromatic carbocycles. The van der Waals surface area contributed by atoms with E-state index in [9.17, 15) is 14.7 Å². The number of aliphatic hydroxyl groups is 1. The maximum absolute atomic E-state index is 12.9. The van der Waals surface area contributed by atoms with Crippen LogP contribution in [0.1, 0.15) is 11.3 Å². The Morgan fingerprint density at radius 3 is 2.54 bits per heavy atom. The summed E-state index contributed by atoms with van der Waals surface area (Å²) in [6.07, 6.45) is 4.52. The Bertz CT molecular complexity index is 974. The highest BCUT2D eigenvalue weighted by atomic mass is 35.5. The van der Waals surface area contributed by atoms with Crippen LogP contribution in [0.25, 0.3) is 5.57 Å². The number of imide groups is 1. The molecular formula is C19H16Cl2N4O3. The Hall–Kier alpha value is -2.90. The van der Waals surface area contributed by atoms with E-state index in [0.29, 0.717) is 22.8 Å². The third kappa shape index (κ3) is 3.72. The van der Waals surface area contributed by atoms with Crippen LogP contribution in [-0.4, -0.2) is 49.8 Å². The summed E-state index contributed by atoms with van der Waals surface area (Å²) in [6.45, 7) is 0.436. The SMILES string of the molecule is Cl.O=C1CN2CC(c3ccncn3)=CC(O)=C2C(=O)N1Cc1ccc(Cl)cc1. The molecule has 0 bridgehead atoms. The number of hydrogen-bond donors (Lipinski definition) is 1. The van der Waals surface area contributed by atoms with Crippen molar-refractivity contribution in [3.05, 3.63) is 76.7 Å². The Kier molecular flexibility index (Phi) is 5.67. The summed E-state index contributed by atoms with van der Waals surface area (Å²) in [7, 11) is 0. The first-order chi connectivity index (χ1) is 13.0. The summed E-state index contributed by atoms with van der Waals surface area (Å²) in [4.78, 5) is 36.2. The standard InChI is InChI=1S/C19H15ClN4O3.ClH/c20-14-3-1-12(2-4-14)8-24-17(26)10-23-9-13(15-5-6-21-11-22-15)7-16(25)18(23)19(24)27;/h1-7,11,25H,8-10H2;1H. The number of benzene rings is 1. The molecule has 2 aromatic rings. The van der Waals surface area contributed by atoms with Crippen molar-refractivity contribution >= 4 is 41.4 Å². The van der Waals surface area contributed by atoms with Crippen LogP contribution in [0.5, 0.6) is 0 Å². The van der Waals surface area contributed by atoms with Gasteiger partial charge in [0.15, 0.2) is 0 Å². The fraction of sp³-hybridized carbons (Fsp3) is 0.158. The summed E-state index contributed by atoms with van der Waals surface area (Å²) in [5, 5.41) is 11.0. The van der Waals surface area contributed by atoms with Gasteiger partial charge in [-0.2, -0.15) is 0 Å². The molecule has 2 aliphatic rings. The molecular weight excluding hydrogens is 403 g/mol. The molecule has 0 aliphatic carbocycles. The van der Waals surface area contributed by atoms with Crippen molar-refractivity contribution in [1.82, 2.24) is 19.8 Å². The molecule has 3 heterocycles. The van der Waals surface area contributed by atoms with Gasteiger partial charge in [-0.05, 0) is 29.8 Å². The predicted octanol–water partition coefficient (Wildman–Crippen LogP) is 2.59. The van der Waals surface area contributed by atoms with Crippen LogP contribution >= 0.6 is 24.0 Å². The van der Waals surface area contributed by atoms with Crippen LogP contribution in [0, 0.1) is 0 Å². The minimum absolute atomic E-state index is 0. The first-order valence-electron chi connectivity index (χ1n) is 8.27. The van der Waals surface area contributed by atoms with Gasteiger partial charge in [-0.3, -0.25) is 14.5 Å². The molecule has 0 saturated carbocycles. The second-order valence-corrected chi connectivity index (χ2v) is 6.70. The number of piperazine rings is 1. The maximum atomic E-state index is 12.9. The van der Waals surface area contributed by atoms with Gasteiger partial charge in [0.25, 0.3) is 5.91 Å². The van der Waals surface area contributed by atoms with Gasteiger partial charge in [0, 0.05) is 23.3 Å². The molecule has 4 rings (SSSR count). The largest absolute Gasteiger partial charge is 0.506 e. The Morgan fingerprint density at radius 1 is 1.11 bits per heavy atom. The van der Waals surface area contributed by atoms with E-state index >= 15 is 0 Å². The number of aromatic nitrogens is 2. The third-order valence-electron chi connectivity index (χ3n) is 4.47. The van der Waals surface area contributed by atoms with Gasteiger partial charge in [0.1, 0.15) is 17.8 Å². The highest BCUT2D eigenvalue weighted by Crippen LogP contribution is 2.29. The summed E-state index contributed by atoms with van der Waals surface area (Å²) in [5.41, 5.74) is 2.26. The highest BCUT2D eigenvalue weighted by Gasteiger charge is 2.39. The van der Waals surface area contributed by atoms with Gasteiger partial charge in [0.05, 0.1) is 18.8 Å². The van der Waals surface area contributed by atoms with E-state index in [0.717, 1.165) is 10.5 Å². The van der Waals surface area contributed by atoms with Gasteiger partial charge in [-0.25, -0.2) is 9.97 Å². The molecule has 28 heavy (non-hydrogen) atoms. The molecule has 1 saturated heterocycles. The Morgan fingerprint density at radius 2 is 1.86 bits per heavy atom. The van der Waals surface area contributed by atoms with Crippen molar-refractivity contribution in [3.8, 4) is 0 Å². The van der Waals surface area contributed by atoms with Crippen molar-refractivity contribution in [2.24, 2.45) is 0 Å². The number of fused-ring (bicyclic) bond motifs is 1. The zero-order valence-electron chi connectivity index (χ0n) is 14.6. The third-order valence-corrected chi connectivity index (χ3v) is 4.72. The molecule has 0 atom stereocenters. The van der Waals surface area contributed by atoms with Crippen molar-refractivity contribution < 1.29 is 14.7 Å². The number of allylic oxidation sites excluding steroid dienone is 1. The zero-order valence-corrected chi connectivity index (χ0v) is 16.2. The summed E-state index contributed by atoms with van der Waals surface area (Å²) < 4.78 is 0. The zero-order chi connectivity index (χ0) is 19.0. The highest BCUT2D eigenvalue weighted by molar-refractivity contribution is 6.30. The molecule has 2 aliphatic heterocycles. The lowest BCUT2D eigenvalue weighted by Crippen LogP contribution is -2.53. The fourth-order valence-corrected chi connectivity index (χ4v) is 3.29. The first-order valence-corrected chi connectivity index (χ1v) is 8.65. The van der Waals surface area contributed by atoms with Gasteiger partial charge in [-0.15, -0.1) is 12.4 Å². The molecule has 144 valence electrons. The number of aliphatic hydroxyl groups excluding tert-OH is 1. The molecule has 9 heteroatoms. The van der Waals surface area contributed by atoms with E-state index in [4.69, 9.17) is 11.6 Å². The summed E-state index contributed by atoms with van der Waals surface area (Å²) in [5.74, 6) is -1.01. The maximum Gasteiger partial charge on any atom is 0.280 e. The van der Waals surface area contributed by atoms with Crippen molar-refractivity contribution in [3.63, 3.8) is 0 Å². The van der Waals surface area contributed by atoms with E-state index in [1.165, 1.54) is 12.4 Å². The smallest absolute Gasteiger partial charge is 0.280 e. The quantitative estimate of drug-likeness (QED) is 0.770. The Balaban J connectivity index is 0.00000225.